The number of anilines is 1. The SMILES string of the molecule is Cc1ccc([N+](=O)[O-])cc1NC(=O)NC(C)c1ccncc1. The summed E-state index contributed by atoms with van der Waals surface area (Å²) in [6, 6.07) is 7.33. The second kappa shape index (κ2) is 6.66. The van der Waals surface area contributed by atoms with Gasteiger partial charge in [-0.1, -0.05) is 6.07 Å². The highest BCUT2D eigenvalue weighted by molar-refractivity contribution is 5.90. The Morgan fingerprint density at radius 1 is 1.27 bits per heavy atom. The van der Waals surface area contributed by atoms with E-state index in [1.807, 2.05) is 19.1 Å². The maximum Gasteiger partial charge on any atom is 0.319 e. The van der Waals surface area contributed by atoms with Crippen LogP contribution in [0.4, 0.5) is 16.2 Å². The summed E-state index contributed by atoms with van der Waals surface area (Å²) in [5.74, 6) is 0. The van der Waals surface area contributed by atoms with E-state index in [0.29, 0.717) is 5.69 Å². The van der Waals surface area contributed by atoms with Crippen LogP contribution < -0.4 is 10.6 Å². The average molecular weight is 300 g/mol. The number of pyridine rings is 1. The number of carbonyl (C=O) groups excluding carboxylic acids is 1. The van der Waals surface area contributed by atoms with Crippen molar-refractivity contribution in [3.63, 3.8) is 0 Å². The van der Waals surface area contributed by atoms with Gasteiger partial charge in [0.05, 0.1) is 16.7 Å². The summed E-state index contributed by atoms with van der Waals surface area (Å²) in [5.41, 5.74) is 2.01. The molecule has 2 amide bonds. The van der Waals surface area contributed by atoms with Crippen molar-refractivity contribution in [3.05, 3.63) is 64.0 Å². The fourth-order valence-electron chi connectivity index (χ4n) is 1.95. The fraction of sp³-hybridized carbons (Fsp3) is 0.200. The molecule has 1 aromatic carbocycles. The first-order valence-corrected chi connectivity index (χ1v) is 6.70. The smallest absolute Gasteiger partial charge is 0.319 e. The Hall–Kier alpha value is -2.96. The average Bonchev–Trinajstić information content (AvgIpc) is 2.50. The van der Waals surface area contributed by atoms with Crippen molar-refractivity contribution in [1.29, 1.82) is 0 Å². The summed E-state index contributed by atoms with van der Waals surface area (Å²) >= 11 is 0. The Morgan fingerprint density at radius 3 is 2.59 bits per heavy atom. The summed E-state index contributed by atoms with van der Waals surface area (Å²) in [6.07, 6.45) is 3.30. The number of benzene rings is 1. The van der Waals surface area contributed by atoms with E-state index >= 15 is 0 Å². The Kier molecular flexibility index (Phi) is 4.67. The molecule has 0 aliphatic carbocycles. The van der Waals surface area contributed by atoms with E-state index in [0.717, 1.165) is 11.1 Å². The molecule has 0 saturated carbocycles. The highest BCUT2D eigenvalue weighted by Gasteiger charge is 2.13. The number of aromatic nitrogens is 1. The van der Waals surface area contributed by atoms with E-state index in [4.69, 9.17) is 0 Å². The molecule has 0 spiro atoms. The predicted octanol–water partition coefficient (Wildman–Crippen LogP) is 3.18. The van der Waals surface area contributed by atoms with Gasteiger partial charge in [-0.2, -0.15) is 0 Å². The van der Waals surface area contributed by atoms with Gasteiger partial charge in [-0.05, 0) is 37.1 Å². The highest BCUT2D eigenvalue weighted by Crippen LogP contribution is 2.22. The minimum Gasteiger partial charge on any atom is -0.331 e. The molecule has 0 aliphatic rings. The van der Waals surface area contributed by atoms with Crippen LogP contribution in [0.2, 0.25) is 0 Å². The number of hydrogen-bond acceptors (Lipinski definition) is 4. The molecule has 114 valence electrons. The second-order valence-electron chi connectivity index (χ2n) is 4.86. The number of rotatable bonds is 4. The summed E-state index contributed by atoms with van der Waals surface area (Å²) in [4.78, 5) is 26.2. The standard InChI is InChI=1S/C15H16N4O3/c1-10-3-4-13(19(21)22)9-14(10)18-15(20)17-11(2)12-5-7-16-8-6-12/h3-9,11H,1-2H3,(H2,17,18,20). The molecule has 0 fully saturated rings. The van der Waals surface area contributed by atoms with Crippen LogP contribution in [0.25, 0.3) is 0 Å². The number of nitrogens with zero attached hydrogens (tertiary/aromatic N) is 2. The quantitative estimate of drug-likeness (QED) is 0.669. The third-order valence-electron chi connectivity index (χ3n) is 3.23. The monoisotopic (exact) mass is 300 g/mol. The maximum atomic E-state index is 12.0. The van der Waals surface area contributed by atoms with E-state index in [9.17, 15) is 14.9 Å². The van der Waals surface area contributed by atoms with Crippen molar-refractivity contribution >= 4 is 17.4 Å². The van der Waals surface area contributed by atoms with Crippen molar-refractivity contribution in [1.82, 2.24) is 10.3 Å². The van der Waals surface area contributed by atoms with Crippen LogP contribution in [0, 0.1) is 17.0 Å². The largest absolute Gasteiger partial charge is 0.331 e. The van der Waals surface area contributed by atoms with Gasteiger partial charge in [-0.15, -0.1) is 0 Å². The number of nitro groups is 1. The van der Waals surface area contributed by atoms with Gasteiger partial charge in [0.15, 0.2) is 0 Å². The number of aryl methyl sites for hydroxylation is 1. The highest BCUT2D eigenvalue weighted by atomic mass is 16.6. The molecule has 2 N–H and O–H groups in total. The molecule has 22 heavy (non-hydrogen) atoms. The Labute approximate surface area is 127 Å². The number of hydrogen-bond donors (Lipinski definition) is 2. The lowest BCUT2D eigenvalue weighted by molar-refractivity contribution is -0.384. The van der Waals surface area contributed by atoms with Gasteiger partial charge in [-0.25, -0.2) is 4.79 Å². The molecular weight excluding hydrogens is 284 g/mol. The lowest BCUT2D eigenvalue weighted by Gasteiger charge is -2.15. The molecule has 1 heterocycles. The van der Waals surface area contributed by atoms with Crippen molar-refractivity contribution in [2.24, 2.45) is 0 Å². The van der Waals surface area contributed by atoms with Gasteiger partial charge >= 0.3 is 6.03 Å². The molecule has 0 saturated heterocycles. The molecule has 2 aromatic rings. The van der Waals surface area contributed by atoms with E-state index in [-0.39, 0.29) is 11.7 Å². The molecular formula is C15H16N4O3. The zero-order valence-electron chi connectivity index (χ0n) is 12.2. The maximum absolute atomic E-state index is 12.0. The van der Waals surface area contributed by atoms with Crippen LogP contribution in [0.3, 0.4) is 0 Å². The lowest BCUT2D eigenvalue weighted by Crippen LogP contribution is -2.31. The molecule has 0 bridgehead atoms. The van der Waals surface area contributed by atoms with Gasteiger partial charge in [0.1, 0.15) is 0 Å². The summed E-state index contributed by atoms with van der Waals surface area (Å²) in [7, 11) is 0. The molecule has 1 unspecified atom stereocenters. The summed E-state index contributed by atoms with van der Waals surface area (Å²) in [6.45, 7) is 3.61. The molecule has 7 nitrogen and oxygen atoms in total. The summed E-state index contributed by atoms with van der Waals surface area (Å²) in [5, 5.41) is 16.2. The van der Waals surface area contributed by atoms with Crippen molar-refractivity contribution < 1.29 is 9.72 Å². The minimum absolute atomic E-state index is 0.0666. The van der Waals surface area contributed by atoms with Gasteiger partial charge in [0.2, 0.25) is 0 Å². The predicted molar refractivity (Wildman–Crippen MR) is 82.6 cm³/mol. The van der Waals surface area contributed by atoms with E-state index < -0.39 is 11.0 Å². The van der Waals surface area contributed by atoms with Crippen LogP contribution in [-0.4, -0.2) is 15.9 Å². The third-order valence-corrected chi connectivity index (χ3v) is 3.23. The Balaban J connectivity index is 2.06. The summed E-state index contributed by atoms with van der Waals surface area (Å²) < 4.78 is 0. The van der Waals surface area contributed by atoms with Crippen LogP contribution in [-0.2, 0) is 0 Å². The minimum atomic E-state index is -0.498. The van der Waals surface area contributed by atoms with Crippen molar-refractivity contribution in [2.45, 2.75) is 19.9 Å². The zero-order valence-corrected chi connectivity index (χ0v) is 12.2. The molecule has 2 rings (SSSR count). The van der Waals surface area contributed by atoms with Crippen molar-refractivity contribution in [3.8, 4) is 0 Å². The van der Waals surface area contributed by atoms with Gasteiger partial charge < -0.3 is 10.6 Å². The molecule has 1 atom stereocenters. The first-order chi connectivity index (χ1) is 10.5. The third kappa shape index (κ3) is 3.78. The molecule has 1 aromatic heterocycles. The number of non-ortho nitro benzene ring substituents is 1. The topological polar surface area (TPSA) is 97.2 Å². The number of nitrogens with one attached hydrogen (secondary N) is 2. The lowest BCUT2D eigenvalue weighted by atomic mass is 10.1. The fourth-order valence-corrected chi connectivity index (χ4v) is 1.95. The van der Waals surface area contributed by atoms with Crippen molar-refractivity contribution in [2.75, 3.05) is 5.32 Å². The van der Waals surface area contributed by atoms with Crippen LogP contribution in [0.15, 0.2) is 42.7 Å². The number of urea groups is 1. The normalized spacial score (nSPS) is 11.5. The molecule has 0 aliphatic heterocycles. The number of nitro benzene ring substituents is 1. The second-order valence-corrected chi connectivity index (χ2v) is 4.86. The van der Waals surface area contributed by atoms with Crippen LogP contribution in [0.1, 0.15) is 24.1 Å². The number of amides is 2. The van der Waals surface area contributed by atoms with Gasteiger partial charge in [-0.3, -0.25) is 15.1 Å². The van der Waals surface area contributed by atoms with E-state index in [2.05, 4.69) is 15.6 Å². The van der Waals surface area contributed by atoms with Gasteiger partial charge in [0, 0.05) is 24.5 Å². The first kappa shape index (κ1) is 15.4. The van der Waals surface area contributed by atoms with Gasteiger partial charge in [0.25, 0.3) is 5.69 Å². The zero-order chi connectivity index (χ0) is 16.1. The first-order valence-electron chi connectivity index (χ1n) is 6.70. The number of carbonyl (C=O) groups is 1. The molecule has 7 heteroatoms. The van der Waals surface area contributed by atoms with Crippen LogP contribution >= 0.6 is 0 Å². The van der Waals surface area contributed by atoms with E-state index in [1.54, 1.807) is 25.4 Å². The Morgan fingerprint density at radius 2 is 1.95 bits per heavy atom. The molecule has 0 radical (unpaired) electrons. The van der Waals surface area contributed by atoms with Crippen LogP contribution in [0.5, 0.6) is 0 Å². The Bertz CT molecular complexity index is 688. The van der Waals surface area contributed by atoms with E-state index in [1.165, 1.54) is 12.1 Å².